The standard InChI is InChI=1S/C10H13FN2/c11-10-8(3-1-6-13-10)7-9-4-2-5-12-9/h1,3,6,9,12H,2,4-5,7H2. The number of nitrogens with one attached hydrogen (secondary N) is 1. The van der Waals surface area contributed by atoms with Gasteiger partial charge in [0.05, 0.1) is 0 Å². The molecule has 1 aromatic heterocycles. The minimum absolute atomic E-state index is 0.323. The molecule has 1 saturated heterocycles. The van der Waals surface area contributed by atoms with Crippen LogP contribution in [0.25, 0.3) is 0 Å². The van der Waals surface area contributed by atoms with Crippen molar-refractivity contribution >= 4 is 0 Å². The molecule has 0 bridgehead atoms. The Morgan fingerprint density at radius 3 is 3.23 bits per heavy atom. The van der Waals surface area contributed by atoms with Crippen LogP contribution in [-0.2, 0) is 6.42 Å². The van der Waals surface area contributed by atoms with E-state index in [9.17, 15) is 4.39 Å². The fourth-order valence-corrected chi connectivity index (χ4v) is 1.77. The predicted molar refractivity (Wildman–Crippen MR) is 48.9 cm³/mol. The average molecular weight is 180 g/mol. The van der Waals surface area contributed by atoms with E-state index >= 15 is 0 Å². The molecule has 2 rings (SSSR count). The summed E-state index contributed by atoms with van der Waals surface area (Å²) in [6.07, 6.45) is 4.60. The molecule has 3 heteroatoms. The van der Waals surface area contributed by atoms with Crippen molar-refractivity contribution in [2.75, 3.05) is 6.54 Å². The Balaban J connectivity index is 2.04. The average Bonchev–Trinajstić information content (AvgIpc) is 2.61. The summed E-state index contributed by atoms with van der Waals surface area (Å²) in [5.74, 6) is -0.323. The Labute approximate surface area is 77.2 Å². The van der Waals surface area contributed by atoms with Gasteiger partial charge in [-0.15, -0.1) is 0 Å². The lowest BCUT2D eigenvalue weighted by Gasteiger charge is -2.09. The number of aromatic nitrogens is 1. The predicted octanol–water partition coefficient (Wildman–Crippen LogP) is 1.52. The van der Waals surface area contributed by atoms with Gasteiger partial charge in [-0.05, 0) is 31.9 Å². The maximum atomic E-state index is 13.1. The molecule has 1 N–H and O–H groups in total. The lowest BCUT2D eigenvalue weighted by Crippen LogP contribution is -2.24. The molecule has 0 radical (unpaired) electrons. The van der Waals surface area contributed by atoms with Crippen molar-refractivity contribution in [1.29, 1.82) is 0 Å². The zero-order chi connectivity index (χ0) is 9.10. The Hall–Kier alpha value is -0.960. The first-order valence-corrected chi connectivity index (χ1v) is 4.69. The zero-order valence-corrected chi connectivity index (χ0v) is 7.46. The van der Waals surface area contributed by atoms with Gasteiger partial charge >= 0.3 is 0 Å². The van der Waals surface area contributed by atoms with Crippen LogP contribution in [0.15, 0.2) is 18.3 Å². The molecule has 1 aliphatic heterocycles. The summed E-state index contributed by atoms with van der Waals surface area (Å²) in [6, 6.07) is 4.04. The van der Waals surface area contributed by atoms with E-state index in [-0.39, 0.29) is 5.95 Å². The van der Waals surface area contributed by atoms with E-state index in [1.807, 2.05) is 6.07 Å². The van der Waals surface area contributed by atoms with Gasteiger partial charge in [-0.25, -0.2) is 4.98 Å². The normalized spacial score (nSPS) is 22.1. The monoisotopic (exact) mass is 180 g/mol. The molecule has 0 saturated carbocycles. The molecule has 0 amide bonds. The van der Waals surface area contributed by atoms with Crippen molar-refractivity contribution in [1.82, 2.24) is 10.3 Å². The molecule has 70 valence electrons. The molecule has 1 aliphatic rings. The van der Waals surface area contributed by atoms with E-state index in [0.29, 0.717) is 6.04 Å². The minimum atomic E-state index is -0.323. The summed E-state index contributed by atoms with van der Waals surface area (Å²) in [4.78, 5) is 3.63. The van der Waals surface area contributed by atoms with Gasteiger partial charge in [0.1, 0.15) is 0 Å². The van der Waals surface area contributed by atoms with Crippen LogP contribution < -0.4 is 5.32 Å². The number of nitrogens with zero attached hydrogens (tertiary/aromatic N) is 1. The Morgan fingerprint density at radius 2 is 2.54 bits per heavy atom. The van der Waals surface area contributed by atoms with Crippen molar-refractivity contribution in [3.63, 3.8) is 0 Å². The Morgan fingerprint density at radius 1 is 1.62 bits per heavy atom. The van der Waals surface area contributed by atoms with Crippen molar-refractivity contribution in [2.45, 2.75) is 25.3 Å². The summed E-state index contributed by atoms with van der Waals surface area (Å²) in [5, 5.41) is 3.34. The molecule has 13 heavy (non-hydrogen) atoms. The van der Waals surface area contributed by atoms with Gasteiger partial charge in [-0.2, -0.15) is 4.39 Å². The first-order chi connectivity index (χ1) is 6.36. The molecule has 1 aromatic rings. The highest BCUT2D eigenvalue weighted by atomic mass is 19.1. The Kier molecular flexibility index (Phi) is 2.54. The summed E-state index contributed by atoms with van der Waals surface area (Å²) in [6.45, 7) is 1.06. The molecule has 2 heterocycles. The van der Waals surface area contributed by atoms with Crippen molar-refractivity contribution < 1.29 is 4.39 Å². The van der Waals surface area contributed by atoms with Gasteiger partial charge < -0.3 is 5.32 Å². The molecule has 0 aromatic carbocycles. The molecular weight excluding hydrogens is 167 g/mol. The van der Waals surface area contributed by atoms with Gasteiger partial charge in [-0.3, -0.25) is 0 Å². The van der Waals surface area contributed by atoms with E-state index in [1.54, 1.807) is 6.07 Å². The van der Waals surface area contributed by atoms with E-state index in [0.717, 1.165) is 24.9 Å². The molecular formula is C10H13FN2. The lowest BCUT2D eigenvalue weighted by molar-refractivity contribution is 0.535. The summed E-state index contributed by atoms with van der Waals surface area (Å²) in [7, 11) is 0. The van der Waals surface area contributed by atoms with Gasteiger partial charge in [0.2, 0.25) is 5.95 Å². The van der Waals surface area contributed by atoms with E-state index in [1.165, 1.54) is 12.6 Å². The molecule has 0 aliphatic carbocycles. The highest BCUT2D eigenvalue weighted by Gasteiger charge is 2.16. The van der Waals surface area contributed by atoms with Crippen LogP contribution >= 0.6 is 0 Å². The second kappa shape index (κ2) is 3.83. The number of halogens is 1. The maximum Gasteiger partial charge on any atom is 0.216 e. The highest BCUT2D eigenvalue weighted by Crippen LogP contribution is 2.13. The van der Waals surface area contributed by atoms with Crippen molar-refractivity contribution in [2.24, 2.45) is 0 Å². The minimum Gasteiger partial charge on any atom is -0.314 e. The fraction of sp³-hybridized carbons (Fsp3) is 0.500. The second-order valence-electron chi connectivity index (χ2n) is 3.45. The van der Waals surface area contributed by atoms with Crippen LogP contribution in [0.2, 0.25) is 0 Å². The summed E-state index contributed by atoms with van der Waals surface area (Å²) >= 11 is 0. The van der Waals surface area contributed by atoms with Gasteiger partial charge in [0.25, 0.3) is 0 Å². The van der Waals surface area contributed by atoms with Crippen LogP contribution in [0.4, 0.5) is 4.39 Å². The van der Waals surface area contributed by atoms with Crippen LogP contribution in [0, 0.1) is 5.95 Å². The van der Waals surface area contributed by atoms with Gasteiger partial charge in [-0.1, -0.05) is 6.07 Å². The SMILES string of the molecule is Fc1ncccc1CC1CCCN1. The third-order valence-electron chi connectivity index (χ3n) is 2.47. The molecule has 1 unspecified atom stereocenters. The molecule has 0 spiro atoms. The number of rotatable bonds is 2. The summed E-state index contributed by atoms with van der Waals surface area (Å²) < 4.78 is 13.1. The zero-order valence-electron chi connectivity index (χ0n) is 7.46. The molecule has 1 fully saturated rings. The van der Waals surface area contributed by atoms with E-state index in [2.05, 4.69) is 10.3 Å². The lowest BCUT2D eigenvalue weighted by atomic mass is 10.1. The van der Waals surface area contributed by atoms with E-state index < -0.39 is 0 Å². The van der Waals surface area contributed by atoms with Crippen molar-refractivity contribution in [3.05, 3.63) is 29.8 Å². The number of hydrogen-bond acceptors (Lipinski definition) is 2. The quantitative estimate of drug-likeness (QED) is 0.698. The highest BCUT2D eigenvalue weighted by molar-refractivity contribution is 5.12. The van der Waals surface area contributed by atoms with Crippen LogP contribution in [0.5, 0.6) is 0 Å². The van der Waals surface area contributed by atoms with Gasteiger partial charge in [0.15, 0.2) is 0 Å². The van der Waals surface area contributed by atoms with E-state index in [4.69, 9.17) is 0 Å². The van der Waals surface area contributed by atoms with Crippen LogP contribution in [-0.4, -0.2) is 17.6 Å². The first-order valence-electron chi connectivity index (χ1n) is 4.69. The smallest absolute Gasteiger partial charge is 0.216 e. The first kappa shape index (κ1) is 8.63. The third-order valence-corrected chi connectivity index (χ3v) is 2.47. The number of pyridine rings is 1. The largest absolute Gasteiger partial charge is 0.314 e. The molecule has 1 atom stereocenters. The second-order valence-corrected chi connectivity index (χ2v) is 3.45. The fourth-order valence-electron chi connectivity index (χ4n) is 1.77. The van der Waals surface area contributed by atoms with Crippen molar-refractivity contribution in [3.8, 4) is 0 Å². The number of hydrogen-bond donors (Lipinski definition) is 1. The third kappa shape index (κ3) is 2.04. The Bertz CT molecular complexity index is 282. The molecule has 2 nitrogen and oxygen atoms in total. The van der Waals surface area contributed by atoms with Crippen LogP contribution in [0.1, 0.15) is 18.4 Å². The summed E-state index contributed by atoms with van der Waals surface area (Å²) in [5.41, 5.74) is 0.724. The van der Waals surface area contributed by atoms with Gasteiger partial charge in [0, 0.05) is 17.8 Å². The van der Waals surface area contributed by atoms with Crippen LogP contribution in [0.3, 0.4) is 0 Å². The maximum absolute atomic E-state index is 13.1. The topological polar surface area (TPSA) is 24.9 Å².